The van der Waals surface area contributed by atoms with Crippen molar-refractivity contribution in [1.29, 1.82) is 0 Å². The van der Waals surface area contributed by atoms with Crippen LogP contribution in [-0.2, 0) is 6.18 Å². The van der Waals surface area contributed by atoms with Crippen molar-refractivity contribution in [2.24, 2.45) is 0 Å². The lowest BCUT2D eigenvalue weighted by Gasteiger charge is -2.10. The topological polar surface area (TPSA) is 84.8 Å². The summed E-state index contributed by atoms with van der Waals surface area (Å²) in [4.78, 5) is 37.7. The molecule has 0 saturated carbocycles. The normalized spacial score (nSPS) is 12.2. The minimum Gasteiger partial charge on any atom is -0.306 e. The SMILES string of the molecule is CC(CC(=O)c1cccc(-c2cccnc2)c1)c1ncc(C(=O)Nc2cc(C(F)(F)F)c(Cl)cn2)s1. The van der Waals surface area contributed by atoms with E-state index in [9.17, 15) is 22.8 Å². The molecular formula is C25H18ClF3N4O2S. The van der Waals surface area contributed by atoms with Gasteiger partial charge in [0, 0.05) is 42.1 Å². The van der Waals surface area contributed by atoms with E-state index in [0.29, 0.717) is 16.6 Å². The van der Waals surface area contributed by atoms with Gasteiger partial charge in [0.2, 0.25) is 0 Å². The lowest BCUT2D eigenvalue weighted by atomic mass is 9.97. The van der Waals surface area contributed by atoms with Crippen LogP contribution in [0.15, 0.2) is 67.3 Å². The Balaban J connectivity index is 1.43. The van der Waals surface area contributed by atoms with E-state index in [-0.39, 0.29) is 28.8 Å². The predicted octanol–water partition coefficient (Wildman–Crippen LogP) is 6.90. The number of ketones is 1. The molecular weight excluding hydrogens is 513 g/mol. The quantitative estimate of drug-likeness (QED) is 0.263. The molecule has 0 fully saturated rings. The number of hydrogen-bond acceptors (Lipinski definition) is 6. The Kier molecular flexibility index (Phi) is 7.46. The number of anilines is 1. The number of aromatic nitrogens is 3. The summed E-state index contributed by atoms with van der Waals surface area (Å²) in [6, 6.07) is 11.6. The fourth-order valence-electron chi connectivity index (χ4n) is 3.41. The predicted molar refractivity (Wildman–Crippen MR) is 131 cm³/mol. The number of carbonyl (C=O) groups excluding carboxylic acids is 2. The van der Waals surface area contributed by atoms with Crippen LogP contribution in [0, 0.1) is 0 Å². The number of halogens is 4. The number of carbonyl (C=O) groups is 2. The number of nitrogens with zero attached hydrogens (tertiary/aromatic N) is 3. The largest absolute Gasteiger partial charge is 0.418 e. The van der Waals surface area contributed by atoms with E-state index in [4.69, 9.17) is 11.6 Å². The molecule has 0 aliphatic heterocycles. The Bertz CT molecular complexity index is 1410. The molecule has 1 amide bonds. The van der Waals surface area contributed by atoms with Gasteiger partial charge in [0.15, 0.2) is 5.78 Å². The first kappa shape index (κ1) is 25.5. The third-order valence-corrected chi connectivity index (χ3v) is 6.77. The highest BCUT2D eigenvalue weighted by molar-refractivity contribution is 7.13. The molecule has 4 rings (SSSR count). The highest BCUT2D eigenvalue weighted by Crippen LogP contribution is 2.35. The van der Waals surface area contributed by atoms with Crippen molar-refractivity contribution in [3.63, 3.8) is 0 Å². The summed E-state index contributed by atoms with van der Waals surface area (Å²) in [5, 5.41) is 2.32. The number of rotatable bonds is 7. The van der Waals surface area contributed by atoms with Gasteiger partial charge < -0.3 is 5.32 Å². The Hall–Kier alpha value is -3.63. The number of thiazole rings is 1. The molecule has 0 radical (unpaired) electrons. The van der Waals surface area contributed by atoms with Gasteiger partial charge in [0.25, 0.3) is 5.91 Å². The van der Waals surface area contributed by atoms with E-state index < -0.39 is 22.7 Å². The summed E-state index contributed by atoms with van der Waals surface area (Å²) in [5.74, 6) is -1.32. The summed E-state index contributed by atoms with van der Waals surface area (Å²) < 4.78 is 39.2. The summed E-state index contributed by atoms with van der Waals surface area (Å²) in [5.41, 5.74) is 1.22. The lowest BCUT2D eigenvalue weighted by molar-refractivity contribution is -0.137. The summed E-state index contributed by atoms with van der Waals surface area (Å²) in [6.07, 6.45) is 1.02. The van der Waals surface area contributed by atoms with Crippen molar-refractivity contribution in [3.05, 3.63) is 93.3 Å². The number of benzene rings is 1. The van der Waals surface area contributed by atoms with Crippen LogP contribution in [-0.4, -0.2) is 26.6 Å². The van der Waals surface area contributed by atoms with Gasteiger partial charge in [0.05, 0.1) is 21.8 Å². The van der Waals surface area contributed by atoms with Gasteiger partial charge in [-0.1, -0.05) is 42.8 Å². The number of Topliss-reactive ketones (excluding diaryl/α,β-unsaturated/α-hetero) is 1. The molecule has 0 spiro atoms. The molecule has 11 heteroatoms. The van der Waals surface area contributed by atoms with Crippen molar-refractivity contribution in [3.8, 4) is 11.1 Å². The van der Waals surface area contributed by atoms with E-state index in [2.05, 4.69) is 20.3 Å². The highest BCUT2D eigenvalue weighted by Gasteiger charge is 2.34. The fraction of sp³-hybridized carbons (Fsp3) is 0.160. The van der Waals surface area contributed by atoms with Crippen molar-refractivity contribution in [2.45, 2.75) is 25.4 Å². The van der Waals surface area contributed by atoms with Crippen LogP contribution in [0.25, 0.3) is 11.1 Å². The first-order chi connectivity index (χ1) is 17.1. The Morgan fingerprint density at radius 3 is 2.56 bits per heavy atom. The van der Waals surface area contributed by atoms with Gasteiger partial charge in [-0.25, -0.2) is 9.97 Å². The van der Waals surface area contributed by atoms with Gasteiger partial charge in [-0.2, -0.15) is 13.2 Å². The molecule has 0 aliphatic carbocycles. The zero-order valence-electron chi connectivity index (χ0n) is 18.7. The molecule has 0 bridgehead atoms. The standard InChI is InChI=1S/C25H18ClF3N4O2S/c1-14(8-20(34)16-5-2-4-15(9-16)17-6-3-7-30-11-17)24-32-13-21(36-24)23(35)33-22-10-18(25(27,28)29)19(26)12-31-22/h2-7,9-14H,8H2,1H3,(H,31,33,35). The first-order valence-corrected chi connectivity index (χ1v) is 11.8. The van der Waals surface area contributed by atoms with Gasteiger partial charge in [-0.3, -0.25) is 14.6 Å². The zero-order valence-corrected chi connectivity index (χ0v) is 20.3. The molecule has 1 atom stereocenters. The number of pyridine rings is 2. The van der Waals surface area contributed by atoms with Crippen LogP contribution < -0.4 is 5.32 Å². The van der Waals surface area contributed by atoms with Crippen LogP contribution in [0.5, 0.6) is 0 Å². The van der Waals surface area contributed by atoms with E-state index in [1.807, 2.05) is 25.1 Å². The van der Waals surface area contributed by atoms with E-state index in [1.54, 1.807) is 30.6 Å². The maximum atomic E-state index is 13.1. The van der Waals surface area contributed by atoms with Crippen LogP contribution >= 0.6 is 22.9 Å². The zero-order chi connectivity index (χ0) is 25.9. The number of hydrogen-bond donors (Lipinski definition) is 1. The Morgan fingerprint density at radius 1 is 1.06 bits per heavy atom. The molecule has 3 heterocycles. The number of amides is 1. The van der Waals surface area contributed by atoms with Crippen molar-refractivity contribution in [2.75, 3.05) is 5.32 Å². The van der Waals surface area contributed by atoms with Gasteiger partial charge in [-0.05, 0) is 23.8 Å². The Labute approximate surface area is 213 Å². The molecule has 1 unspecified atom stereocenters. The van der Waals surface area contributed by atoms with Gasteiger partial charge in [0.1, 0.15) is 10.7 Å². The van der Waals surface area contributed by atoms with E-state index in [1.165, 1.54) is 6.20 Å². The van der Waals surface area contributed by atoms with Crippen LogP contribution in [0.3, 0.4) is 0 Å². The van der Waals surface area contributed by atoms with Gasteiger partial charge in [-0.15, -0.1) is 11.3 Å². The average Bonchev–Trinajstić information content (AvgIpc) is 3.36. The van der Waals surface area contributed by atoms with E-state index in [0.717, 1.165) is 28.7 Å². The van der Waals surface area contributed by atoms with Gasteiger partial charge >= 0.3 is 6.18 Å². The minimum atomic E-state index is -4.68. The van der Waals surface area contributed by atoms with Crippen molar-refractivity contribution < 1.29 is 22.8 Å². The van der Waals surface area contributed by atoms with Crippen molar-refractivity contribution in [1.82, 2.24) is 15.0 Å². The minimum absolute atomic E-state index is 0.0838. The Morgan fingerprint density at radius 2 is 1.83 bits per heavy atom. The maximum Gasteiger partial charge on any atom is 0.418 e. The number of alkyl halides is 3. The second kappa shape index (κ2) is 10.5. The second-order valence-electron chi connectivity index (χ2n) is 7.91. The molecule has 0 aliphatic rings. The van der Waals surface area contributed by atoms with E-state index >= 15 is 0 Å². The third-order valence-electron chi connectivity index (χ3n) is 5.24. The molecule has 3 aromatic heterocycles. The first-order valence-electron chi connectivity index (χ1n) is 10.7. The van der Waals surface area contributed by atoms with Crippen LogP contribution in [0.4, 0.5) is 19.0 Å². The maximum absolute atomic E-state index is 13.1. The van der Waals surface area contributed by atoms with Crippen molar-refractivity contribution >= 4 is 40.4 Å². The fourth-order valence-corrected chi connectivity index (χ4v) is 4.49. The average molecular weight is 531 g/mol. The second-order valence-corrected chi connectivity index (χ2v) is 9.38. The van der Waals surface area contributed by atoms with Crippen LogP contribution in [0.1, 0.15) is 49.9 Å². The molecule has 1 aromatic carbocycles. The molecule has 1 N–H and O–H groups in total. The summed E-state index contributed by atoms with van der Waals surface area (Å²) in [7, 11) is 0. The number of nitrogens with one attached hydrogen (secondary N) is 1. The van der Waals surface area contributed by atoms with Crippen LogP contribution in [0.2, 0.25) is 5.02 Å². The molecule has 0 saturated heterocycles. The molecule has 184 valence electrons. The molecule has 4 aromatic rings. The monoisotopic (exact) mass is 530 g/mol. The smallest absolute Gasteiger partial charge is 0.306 e. The highest BCUT2D eigenvalue weighted by atomic mass is 35.5. The summed E-state index contributed by atoms with van der Waals surface area (Å²) in [6.45, 7) is 1.82. The molecule has 6 nitrogen and oxygen atoms in total. The molecule has 36 heavy (non-hydrogen) atoms. The lowest BCUT2D eigenvalue weighted by Crippen LogP contribution is -2.13. The third kappa shape index (κ3) is 5.95. The summed E-state index contributed by atoms with van der Waals surface area (Å²) >= 11 is 6.62.